The molecule has 1 aliphatic rings. The van der Waals surface area contributed by atoms with Crippen molar-refractivity contribution in [2.45, 2.75) is 44.8 Å². The van der Waals surface area contributed by atoms with Crippen LogP contribution in [0.1, 0.15) is 49.0 Å². The minimum Gasteiger partial charge on any atom is -0.375 e. The quantitative estimate of drug-likeness (QED) is 0.831. The average molecular weight is 347 g/mol. The minimum absolute atomic E-state index is 0.0337. The molecule has 1 aliphatic heterocycles. The number of amides is 1. The fourth-order valence-electron chi connectivity index (χ4n) is 3.17. The van der Waals surface area contributed by atoms with E-state index in [1.165, 1.54) is 6.07 Å². The Morgan fingerprint density at radius 3 is 3.00 bits per heavy atom. The molecule has 0 spiro atoms. The van der Waals surface area contributed by atoms with Gasteiger partial charge in [-0.2, -0.15) is 4.98 Å². The summed E-state index contributed by atoms with van der Waals surface area (Å²) in [4.78, 5) is 19.0. The number of hydrogen-bond acceptors (Lipinski definition) is 5. The highest BCUT2D eigenvalue weighted by Crippen LogP contribution is 2.29. The van der Waals surface area contributed by atoms with Crippen LogP contribution in [0.5, 0.6) is 0 Å². The standard InChI is InChI=1S/C18H22FN3O3/c1-24-12-16-20-18(21-25-16)15-9-3-2-6-10-22(15)17(23)11-13-7-4-5-8-14(13)19/h4-5,7-8,15H,2-3,6,9-12H2,1H3. The van der Waals surface area contributed by atoms with E-state index in [0.29, 0.717) is 23.8 Å². The molecule has 1 fully saturated rings. The van der Waals surface area contributed by atoms with Crippen molar-refractivity contribution in [3.8, 4) is 0 Å². The van der Waals surface area contributed by atoms with Crippen molar-refractivity contribution < 1.29 is 18.4 Å². The molecule has 25 heavy (non-hydrogen) atoms. The van der Waals surface area contributed by atoms with Gasteiger partial charge in [0.15, 0.2) is 5.82 Å². The predicted molar refractivity (Wildman–Crippen MR) is 88.0 cm³/mol. The summed E-state index contributed by atoms with van der Waals surface area (Å²) in [7, 11) is 1.56. The summed E-state index contributed by atoms with van der Waals surface area (Å²) in [5, 5.41) is 4.02. The summed E-state index contributed by atoms with van der Waals surface area (Å²) < 4.78 is 24.1. The lowest BCUT2D eigenvalue weighted by Crippen LogP contribution is -2.36. The SMILES string of the molecule is COCc1nc(C2CCCCCN2C(=O)Cc2ccccc2F)no1. The first-order valence-corrected chi connectivity index (χ1v) is 8.53. The van der Waals surface area contributed by atoms with Gasteiger partial charge < -0.3 is 14.2 Å². The summed E-state index contributed by atoms with van der Waals surface area (Å²) in [6, 6.07) is 6.14. The van der Waals surface area contributed by atoms with E-state index in [0.717, 1.165) is 25.7 Å². The zero-order valence-corrected chi connectivity index (χ0v) is 14.3. The molecule has 1 aromatic carbocycles. The van der Waals surface area contributed by atoms with E-state index in [2.05, 4.69) is 10.1 Å². The molecule has 0 N–H and O–H groups in total. The van der Waals surface area contributed by atoms with E-state index in [1.54, 1.807) is 30.2 Å². The number of carbonyl (C=O) groups is 1. The molecule has 3 rings (SSSR count). The van der Waals surface area contributed by atoms with Crippen LogP contribution in [0.4, 0.5) is 4.39 Å². The Kier molecular flexibility index (Phi) is 5.75. The van der Waals surface area contributed by atoms with Crippen LogP contribution in [0.3, 0.4) is 0 Å². The Bertz CT molecular complexity index is 719. The van der Waals surface area contributed by atoms with E-state index < -0.39 is 0 Å². The van der Waals surface area contributed by atoms with Gasteiger partial charge in [-0.3, -0.25) is 4.79 Å². The Morgan fingerprint density at radius 1 is 1.36 bits per heavy atom. The van der Waals surface area contributed by atoms with Crippen molar-refractivity contribution in [3.05, 3.63) is 47.4 Å². The molecule has 2 aromatic rings. The number of carbonyl (C=O) groups excluding carboxylic acids is 1. The van der Waals surface area contributed by atoms with Crippen LogP contribution in [-0.4, -0.2) is 34.6 Å². The lowest BCUT2D eigenvalue weighted by molar-refractivity contribution is -0.133. The number of methoxy groups -OCH3 is 1. The lowest BCUT2D eigenvalue weighted by atomic mass is 10.1. The number of halogens is 1. The third kappa shape index (κ3) is 4.22. The Balaban J connectivity index is 1.79. The Morgan fingerprint density at radius 2 is 2.20 bits per heavy atom. The van der Waals surface area contributed by atoms with Gasteiger partial charge in [0.1, 0.15) is 12.4 Å². The number of rotatable bonds is 5. The van der Waals surface area contributed by atoms with Gasteiger partial charge in [-0.25, -0.2) is 4.39 Å². The van der Waals surface area contributed by atoms with Gasteiger partial charge in [0, 0.05) is 13.7 Å². The van der Waals surface area contributed by atoms with E-state index in [-0.39, 0.29) is 30.8 Å². The average Bonchev–Trinajstić information content (AvgIpc) is 2.92. The molecule has 1 saturated heterocycles. The fourth-order valence-corrected chi connectivity index (χ4v) is 3.17. The van der Waals surface area contributed by atoms with Gasteiger partial charge >= 0.3 is 0 Å². The van der Waals surface area contributed by atoms with Crippen LogP contribution < -0.4 is 0 Å². The van der Waals surface area contributed by atoms with Crippen molar-refractivity contribution in [1.29, 1.82) is 0 Å². The van der Waals surface area contributed by atoms with Gasteiger partial charge in [-0.1, -0.05) is 36.2 Å². The normalized spacial score (nSPS) is 18.2. The summed E-state index contributed by atoms with van der Waals surface area (Å²) in [6.45, 7) is 0.856. The first-order chi connectivity index (χ1) is 12.2. The zero-order chi connectivity index (χ0) is 17.6. The molecule has 6 nitrogen and oxygen atoms in total. The number of nitrogens with zero attached hydrogens (tertiary/aromatic N) is 3. The molecule has 1 amide bonds. The molecular formula is C18H22FN3O3. The highest BCUT2D eigenvalue weighted by molar-refractivity contribution is 5.79. The lowest BCUT2D eigenvalue weighted by Gasteiger charge is -2.28. The summed E-state index contributed by atoms with van der Waals surface area (Å²) >= 11 is 0. The third-order valence-electron chi connectivity index (χ3n) is 4.42. The van der Waals surface area contributed by atoms with E-state index in [9.17, 15) is 9.18 Å². The van der Waals surface area contributed by atoms with E-state index >= 15 is 0 Å². The molecule has 1 aromatic heterocycles. The highest BCUT2D eigenvalue weighted by atomic mass is 19.1. The molecule has 7 heteroatoms. The van der Waals surface area contributed by atoms with Crippen LogP contribution in [0.15, 0.2) is 28.8 Å². The van der Waals surface area contributed by atoms with Crippen LogP contribution in [0, 0.1) is 5.82 Å². The second-order valence-corrected chi connectivity index (χ2v) is 6.20. The molecule has 0 saturated carbocycles. The minimum atomic E-state index is -0.357. The second kappa shape index (κ2) is 8.20. The highest BCUT2D eigenvalue weighted by Gasteiger charge is 2.30. The van der Waals surface area contributed by atoms with Crippen LogP contribution in [-0.2, 0) is 22.6 Å². The number of aromatic nitrogens is 2. The van der Waals surface area contributed by atoms with Gasteiger partial charge in [0.05, 0.1) is 12.5 Å². The van der Waals surface area contributed by atoms with Gasteiger partial charge in [0.2, 0.25) is 5.91 Å². The van der Waals surface area contributed by atoms with Crippen LogP contribution in [0.25, 0.3) is 0 Å². The van der Waals surface area contributed by atoms with E-state index in [4.69, 9.17) is 9.26 Å². The van der Waals surface area contributed by atoms with Crippen molar-refractivity contribution in [2.75, 3.05) is 13.7 Å². The fraction of sp³-hybridized carbons (Fsp3) is 0.500. The molecule has 0 aliphatic carbocycles. The van der Waals surface area contributed by atoms with Crippen molar-refractivity contribution >= 4 is 5.91 Å². The molecular weight excluding hydrogens is 325 g/mol. The van der Waals surface area contributed by atoms with Crippen molar-refractivity contribution in [1.82, 2.24) is 15.0 Å². The number of benzene rings is 1. The maximum atomic E-state index is 13.9. The topological polar surface area (TPSA) is 68.5 Å². The maximum absolute atomic E-state index is 13.9. The number of likely N-dealkylation sites (tertiary alicyclic amines) is 1. The third-order valence-corrected chi connectivity index (χ3v) is 4.42. The predicted octanol–water partition coefficient (Wildman–Crippen LogP) is 3.04. The zero-order valence-electron chi connectivity index (χ0n) is 14.3. The van der Waals surface area contributed by atoms with Crippen LogP contribution >= 0.6 is 0 Å². The Hall–Kier alpha value is -2.28. The molecule has 134 valence electrons. The second-order valence-electron chi connectivity index (χ2n) is 6.20. The molecule has 1 atom stereocenters. The smallest absolute Gasteiger partial charge is 0.252 e. The van der Waals surface area contributed by atoms with E-state index in [1.807, 2.05) is 0 Å². The molecule has 0 radical (unpaired) electrons. The molecule has 1 unspecified atom stereocenters. The maximum Gasteiger partial charge on any atom is 0.252 e. The van der Waals surface area contributed by atoms with Gasteiger partial charge in [0.25, 0.3) is 5.89 Å². The van der Waals surface area contributed by atoms with Gasteiger partial charge in [-0.05, 0) is 24.5 Å². The number of ether oxygens (including phenoxy) is 1. The Labute approximate surface area is 146 Å². The van der Waals surface area contributed by atoms with Gasteiger partial charge in [-0.15, -0.1) is 0 Å². The first-order valence-electron chi connectivity index (χ1n) is 8.53. The molecule has 2 heterocycles. The largest absolute Gasteiger partial charge is 0.375 e. The molecule has 0 bridgehead atoms. The summed E-state index contributed by atoms with van der Waals surface area (Å²) in [5.74, 6) is 0.415. The summed E-state index contributed by atoms with van der Waals surface area (Å²) in [6.07, 6.45) is 3.76. The van der Waals surface area contributed by atoms with Crippen molar-refractivity contribution in [2.24, 2.45) is 0 Å². The van der Waals surface area contributed by atoms with Crippen LogP contribution in [0.2, 0.25) is 0 Å². The number of hydrogen-bond donors (Lipinski definition) is 0. The summed E-state index contributed by atoms with van der Waals surface area (Å²) in [5.41, 5.74) is 0.406. The van der Waals surface area contributed by atoms with Crippen molar-refractivity contribution in [3.63, 3.8) is 0 Å². The monoisotopic (exact) mass is 347 g/mol. The first kappa shape index (κ1) is 17.5.